The van der Waals surface area contributed by atoms with Crippen LogP contribution in [-0.2, 0) is 6.42 Å². The summed E-state index contributed by atoms with van der Waals surface area (Å²) in [6, 6.07) is 10.8. The van der Waals surface area contributed by atoms with Crippen LogP contribution < -0.4 is 0 Å². The summed E-state index contributed by atoms with van der Waals surface area (Å²) >= 11 is 3.74. The molecule has 1 aromatic rings. The van der Waals surface area contributed by atoms with E-state index in [4.69, 9.17) is 0 Å². The van der Waals surface area contributed by atoms with Crippen molar-refractivity contribution in [1.29, 1.82) is 0 Å². The highest BCUT2D eigenvalue weighted by Crippen LogP contribution is 2.16. The van der Waals surface area contributed by atoms with Gasteiger partial charge in [-0.1, -0.05) is 72.4 Å². The molecule has 0 N–H and O–H groups in total. The third kappa shape index (κ3) is 6.32. The van der Waals surface area contributed by atoms with Crippen LogP contribution in [0.4, 0.5) is 0 Å². The first-order valence-electron chi connectivity index (χ1n) is 6.51. The Hall–Kier alpha value is -0.300. The summed E-state index contributed by atoms with van der Waals surface area (Å²) in [4.78, 5) is 0.745. The van der Waals surface area contributed by atoms with Gasteiger partial charge in [0.1, 0.15) is 0 Å². The molecule has 0 saturated heterocycles. The van der Waals surface area contributed by atoms with Gasteiger partial charge in [-0.25, -0.2) is 0 Å². The lowest BCUT2D eigenvalue weighted by Gasteiger charge is -2.07. The Kier molecular flexibility index (Phi) is 7.58. The fraction of sp³-hybridized carbons (Fsp3) is 0.600. The minimum atomic E-state index is 0.745. The van der Waals surface area contributed by atoms with Crippen molar-refractivity contribution in [2.75, 3.05) is 0 Å². The number of benzene rings is 1. The van der Waals surface area contributed by atoms with E-state index in [1.807, 2.05) is 0 Å². The molecule has 1 heteroatoms. The van der Waals surface area contributed by atoms with Crippen LogP contribution >= 0.6 is 15.9 Å². The third-order valence-corrected chi connectivity index (χ3v) is 3.84. The monoisotopic (exact) mass is 282 g/mol. The lowest BCUT2D eigenvalue weighted by Crippen LogP contribution is -1.96. The average molecular weight is 283 g/mol. The van der Waals surface area contributed by atoms with Crippen molar-refractivity contribution in [2.45, 2.75) is 56.7 Å². The number of alkyl halides is 1. The molecule has 90 valence electrons. The number of hydrogen-bond acceptors (Lipinski definition) is 0. The van der Waals surface area contributed by atoms with E-state index < -0.39 is 0 Å². The minimum Gasteiger partial charge on any atom is -0.0891 e. The second-order valence-electron chi connectivity index (χ2n) is 4.47. The molecule has 0 aromatic heterocycles. The van der Waals surface area contributed by atoms with Crippen molar-refractivity contribution in [3.05, 3.63) is 35.9 Å². The molecular formula is C15H23Br. The molecule has 1 rings (SSSR count). The molecule has 0 radical (unpaired) electrons. The topological polar surface area (TPSA) is 0 Å². The van der Waals surface area contributed by atoms with Crippen molar-refractivity contribution in [2.24, 2.45) is 0 Å². The zero-order valence-electron chi connectivity index (χ0n) is 10.3. The van der Waals surface area contributed by atoms with Crippen molar-refractivity contribution in [3.8, 4) is 0 Å². The molecule has 0 aliphatic rings. The zero-order valence-corrected chi connectivity index (χ0v) is 11.9. The van der Waals surface area contributed by atoms with Crippen LogP contribution in [-0.4, -0.2) is 4.83 Å². The van der Waals surface area contributed by atoms with Crippen LogP contribution in [0.3, 0.4) is 0 Å². The minimum absolute atomic E-state index is 0.745. The smallest absolute Gasteiger partial charge is 0.0145 e. The van der Waals surface area contributed by atoms with E-state index in [2.05, 4.69) is 53.2 Å². The zero-order chi connectivity index (χ0) is 11.6. The Balaban J connectivity index is 2.00. The van der Waals surface area contributed by atoms with Crippen LogP contribution in [0.25, 0.3) is 0 Å². The van der Waals surface area contributed by atoms with E-state index in [0.717, 1.165) is 4.83 Å². The summed E-state index contributed by atoms with van der Waals surface area (Å²) < 4.78 is 0. The van der Waals surface area contributed by atoms with Gasteiger partial charge in [-0.15, -0.1) is 0 Å². The maximum absolute atomic E-state index is 3.74. The first-order valence-corrected chi connectivity index (χ1v) is 7.42. The highest BCUT2D eigenvalue weighted by molar-refractivity contribution is 9.09. The number of halogens is 1. The summed E-state index contributed by atoms with van der Waals surface area (Å²) in [5.74, 6) is 0. The fourth-order valence-electron chi connectivity index (χ4n) is 1.97. The molecular weight excluding hydrogens is 260 g/mol. The van der Waals surface area contributed by atoms with Gasteiger partial charge in [-0.05, 0) is 31.2 Å². The molecule has 0 fully saturated rings. The molecule has 0 saturated carbocycles. The highest BCUT2D eigenvalue weighted by atomic mass is 79.9. The summed E-state index contributed by atoms with van der Waals surface area (Å²) in [5.41, 5.74) is 1.48. The van der Waals surface area contributed by atoms with Gasteiger partial charge >= 0.3 is 0 Å². The van der Waals surface area contributed by atoms with Crippen molar-refractivity contribution in [3.63, 3.8) is 0 Å². The molecule has 0 spiro atoms. The first-order chi connectivity index (χ1) is 7.83. The van der Waals surface area contributed by atoms with Gasteiger partial charge in [0, 0.05) is 4.83 Å². The fourth-order valence-corrected chi connectivity index (χ4v) is 2.76. The van der Waals surface area contributed by atoms with E-state index in [0.29, 0.717) is 0 Å². The SMILES string of the molecule is CCCC(Br)CCCCCc1ccccc1. The Morgan fingerprint density at radius 3 is 2.44 bits per heavy atom. The van der Waals surface area contributed by atoms with Crippen molar-refractivity contribution < 1.29 is 0 Å². The first kappa shape index (κ1) is 13.8. The van der Waals surface area contributed by atoms with Gasteiger partial charge in [0.25, 0.3) is 0 Å². The molecule has 1 unspecified atom stereocenters. The van der Waals surface area contributed by atoms with Crippen LogP contribution in [0.1, 0.15) is 51.0 Å². The second kappa shape index (κ2) is 8.81. The molecule has 0 bridgehead atoms. The van der Waals surface area contributed by atoms with Crippen molar-refractivity contribution >= 4 is 15.9 Å². The lowest BCUT2D eigenvalue weighted by atomic mass is 10.0. The summed E-state index contributed by atoms with van der Waals surface area (Å²) in [7, 11) is 0. The predicted octanol–water partition coefficient (Wildman–Crippen LogP) is 5.35. The van der Waals surface area contributed by atoms with Gasteiger partial charge in [0.2, 0.25) is 0 Å². The van der Waals surface area contributed by atoms with E-state index in [9.17, 15) is 0 Å². The van der Waals surface area contributed by atoms with Gasteiger partial charge in [-0.3, -0.25) is 0 Å². The van der Waals surface area contributed by atoms with Gasteiger partial charge in [0.05, 0.1) is 0 Å². The predicted molar refractivity (Wildman–Crippen MR) is 76.2 cm³/mol. The number of unbranched alkanes of at least 4 members (excludes halogenated alkanes) is 2. The quantitative estimate of drug-likeness (QED) is 0.445. The van der Waals surface area contributed by atoms with Crippen LogP contribution in [0.15, 0.2) is 30.3 Å². The van der Waals surface area contributed by atoms with Crippen LogP contribution in [0.5, 0.6) is 0 Å². The largest absolute Gasteiger partial charge is 0.0891 e. The molecule has 16 heavy (non-hydrogen) atoms. The molecule has 1 atom stereocenters. The van der Waals surface area contributed by atoms with E-state index >= 15 is 0 Å². The standard InChI is InChI=1S/C15H23Br/c1-2-9-15(16)13-8-4-7-12-14-10-5-3-6-11-14/h3,5-6,10-11,15H,2,4,7-9,12-13H2,1H3. The number of hydrogen-bond donors (Lipinski definition) is 0. The Morgan fingerprint density at radius 1 is 1.00 bits per heavy atom. The molecule has 0 amide bonds. The Labute approximate surface area is 109 Å². The lowest BCUT2D eigenvalue weighted by molar-refractivity contribution is 0.605. The van der Waals surface area contributed by atoms with Crippen molar-refractivity contribution in [1.82, 2.24) is 0 Å². The average Bonchev–Trinajstić information content (AvgIpc) is 2.30. The Morgan fingerprint density at radius 2 is 1.75 bits per heavy atom. The second-order valence-corrected chi connectivity index (χ2v) is 5.77. The molecule has 0 aliphatic heterocycles. The number of rotatable bonds is 8. The molecule has 0 heterocycles. The highest BCUT2D eigenvalue weighted by Gasteiger charge is 2.01. The maximum Gasteiger partial charge on any atom is 0.0145 e. The van der Waals surface area contributed by atoms with E-state index in [-0.39, 0.29) is 0 Å². The molecule has 0 aliphatic carbocycles. The third-order valence-electron chi connectivity index (χ3n) is 2.93. The van der Waals surface area contributed by atoms with Gasteiger partial charge in [0.15, 0.2) is 0 Å². The van der Waals surface area contributed by atoms with Crippen LogP contribution in [0.2, 0.25) is 0 Å². The summed E-state index contributed by atoms with van der Waals surface area (Å²) in [6.07, 6.45) is 9.24. The van der Waals surface area contributed by atoms with E-state index in [1.54, 1.807) is 0 Å². The molecule has 0 nitrogen and oxygen atoms in total. The number of aryl methyl sites for hydroxylation is 1. The van der Waals surface area contributed by atoms with Crippen LogP contribution in [0, 0.1) is 0 Å². The summed E-state index contributed by atoms with van der Waals surface area (Å²) in [5, 5.41) is 0. The van der Waals surface area contributed by atoms with E-state index in [1.165, 1.54) is 50.5 Å². The van der Waals surface area contributed by atoms with Gasteiger partial charge in [-0.2, -0.15) is 0 Å². The molecule has 1 aromatic carbocycles. The maximum atomic E-state index is 3.74. The summed E-state index contributed by atoms with van der Waals surface area (Å²) in [6.45, 7) is 2.25. The normalized spacial score (nSPS) is 12.6. The van der Waals surface area contributed by atoms with Gasteiger partial charge < -0.3 is 0 Å². The Bertz CT molecular complexity index is 255.